The van der Waals surface area contributed by atoms with Crippen molar-refractivity contribution in [2.24, 2.45) is 0 Å². The molecule has 4 N–H and O–H groups in total. The first-order valence-electron chi connectivity index (χ1n) is 5.31. The summed E-state index contributed by atoms with van der Waals surface area (Å²) in [5.41, 5.74) is 0. The van der Waals surface area contributed by atoms with Crippen LogP contribution in [-0.4, -0.2) is 46.6 Å². The molecule has 18 heavy (non-hydrogen) atoms. The van der Waals surface area contributed by atoms with Crippen molar-refractivity contribution >= 4 is 23.8 Å². The second-order valence-electron chi connectivity index (χ2n) is 3.62. The lowest BCUT2D eigenvalue weighted by Crippen LogP contribution is -2.42. The number of carbonyl (C=O) groups is 4. The van der Waals surface area contributed by atoms with E-state index in [9.17, 15) is 19.2 Å². The van der Waals surface area contributed by atoms with Gasteiger partial charge in [-0.1, -0.05) is 0 Å². The van der Waals surface area contributed by atoms with E-state index >= 15 is 0 Å². The first kappa shape index (κ1) is 15.9. The van der Waals surface area contributed by atoms with E-state index in [4.69, 9.17) is 10.2 Å². The predicted octanol–water partition coefficient (Wildman–Crippen LogP) is -1.05. The summed E-state index contributed by atoms with van der Waals surface area (Å²) in [5, 5.41) is 21.8. The fraction of sp³-hybridized carbons (Fsp3) is 0.600. The van der Waals surface area contributed by atoms with Crippen molar-refractivity contribution in [2.75, 3.05) is 6.54 Å². The molecule has 0 aromatic heterocycles. The van der Waals surface area contributed by atoms with Crippen LogP contribution in [0.5, 0.6) is 0 Å². The van der Waals surface area contributed by atoms with E-state index in [1.165, 1.54) is 6.92 Å². The van der Waals surface area contributed by atoms with Crippen LogP contribution in [0.4, 0.5) is 0 Å². The van der Waals surface area contributed by atoms with E-state index in [-0.39, 0.29) is 31.7 Å². The van der Waals surface area contributed by atoms with E-state index in [0.717, 1.165) is 0 Å². The highest BCUT2D eigenvalue weighted by Gasteiger charge is 2.20. The number of carboxylic acids is 2. The van der Waals surface area contributed by atoms with Gasteiger partial charge in [0, 0.05) is 26.3 Å². The van der Waals surface area contributed by atoms with E-state index < -0.39 is 23.9 Å². The molecule has 0 radical (unpaired) electrons. The molecule has 0 aliphatic rings. The fourth-order valence-corrected chi connectivity index (χ4v) is 1.14. The van der Waals surface area contributed by atoms with E-state index in [2.05, 4.69) is 10.6 Å². The van der Waals surface area contributed by atoms with Crippen molar-refractivity contribution in [2.45, 2.75) is 32.2 Å². The van der Waals surface area contributed by atoms with Gasteiger partial charge in [-0.3, -0.25) is 14.4 Å². The normalized spacial score (nSPS) is 11.4. The maximum absolute atomic E-state index is 11.3. The predicted molar refractivity (Wildman–Crippen MR) is 59.7 cm³/mol. The van der Waals surface area contributed by atoms with E-state index in [1.807, 2.05) is 0 Å². The molecule has 0 aliphatic carbocycles. The standard InChI is InChI=1S/C10H16N2O6/c1-6(13)11-5-4-8(14)12-7(10(17)18)2-3-9(15)16/h7H,2-5H2,1H3,(H,11,13)(H,12,14)(H,15,16)(H,17,18). The molecule has 0 aromatic rings. The monoisotopic (exact) mass is 260 g/mol. The molecule has 0 rings (SSSR count). The molecule has 0 heterocycles. The van der Waals surface area contributed by atoms with Crippen molar-refractivity contribution in [1.82, 2.24) is 10.6 Å². The van der Waals surface area contributed by atoms with Gasteiger partial charge in [0.25, 0.3) is 0 Å². The van der Waals surface area contributed by atoms with Gasteiger partial charge in [0.15, 0.2) is 0 Å². The molecule has 2 amide bonds. The molecule has 0 bridgehead atoms. The van der Waals surface area contributed by atoms with Crippen LogP contribution in [0.25, 0.3) is 0 Å². The van der Waals surface area contributed by atoms with Gasteiger partial charge in [-0.15, -0.1) is 0 Å². The van der Waals surface area contributed by atoms with Crippen LogP contribution in [0.3, 0.4) is 0 Å². The number of amides is 2. The Hall–Kier alpha value is -2.12. The van der Waals surface area contributed by atoms with Crippen LogP contribution in [0, 0.1) is 0 Å². The number of hydrogen-bond donors (Lipinski definition) is 4. The molecule has 0 saturated carbocycles. The second-order valence-corrected chi connectivity index (χ2v) is 3.62. The number of carboxylic acid groups (broad SMARTS) is 2. The zero-order chi connectivity index (χ0) is 14.1. The largest absolute Gasteiger partial charge is 0.481 e. The topological polar surface area (TPSA) is 133 Å². The number of carbonyl (C=O) groups excluding carboxylic acids is 2. The van der Waals surface area contributed by atoms with Crippen molar-refractivity contribution < 1.29 is 29.4 Å². The third-order valence-corrected chi connectivity index (χ3v) is 2.01. The minimum absolute atomic E-state index is 0.0591. The Labute approximate surface area is 103 Å². The summed E-state index contributed by atoms with van der Waals surface area (Å²) in [7, 11) is 0. The van der Waals surface area contributed by atoms with Gasteiger partial charge in [0.05, 0.1) is 0 Å². The van der Waals surface area contributed by atoms with Crippen LogP contribution in [0.1, 0.15) is 26.2 Å². The minimum Gasteiger partial charge on any atom is -0.481 e. The lowest BCUT2D eigenvalue weighted by molar-refractivity contribution is -0.143. The van der Waals surface area contributed by atoms with Gasteiger partial charge in [-0.2, -0.15) is 0 Å². The average molecular weight is 260 g/mol. The van der Waals surface area contributed by atoms with Crippen molar-refractivity contribution in [3.63, 3.8) is 0 Å². The number of nitrogens with one attached hydrogen (secondary N) is 2. The maximum atomic E-state index is 11.3. The second kappa shape index (κ2) is 8.04. The Morgan fingerprint density at radius 2 is 1.72 bits per heavy atom. The van der Waals surface area contributed by atoms with Crippen LogP contribution in [0.15, 0.2) is 0 Å². The molecule has 102 valence electrons. The number of rotatable bonds is 8. The zero-order valence-electron chi connectivity index (χ0n) is 9.93. The summed E-state index contributed by atoms with van der Waals surface area (Å²) in [5.74, 6) is -3.26. The first-order chi connectivity index (χ1) is 8.32. The summed E-state index contributed by atoms with van der Waals surface area (Å²) in [4.78, 5) is 42.9. The summed E-state index contributed by atoms with van der Waals surface area (Å²) in [6.07, 6.45) is -0.587. The Balaban J connectivity index is 4.07. The van der Waals surface area contributed by atoms with Crippen molar-refractivity contribution in [3.8, 4) is 0 Å². The number of hydrogen-bond acceptors (Lipinski definition) is 4. The van der Waals surface area contributed by atoms with Gasteiger partial charge in [-0.05, 0) is 6.42 Å². The van der Waals surface area contributed by atoms with Gasteiger partial charge in [0.1, 0.15) is 6.04 Å². The third-order valence-electron chi connectivity index (χ3n) is 2.01. The van der Waals surface area contributed by atoms with Gasteiger partial charge < -0.3 is 20.8 Å². The highest BCUT2D eigenvalue weighted by molar-refractivity contribution is 5.84. The maximum Gasteiger partial charge on any atom is 0.326 e. The Morgan fingerprint density at radius 1 is 1.11 bits per heavy atom. The highest BCUT2D eigenvalue weighted by atomic mass is 16.4. The van der Waals surface area contributed by atoms with E-state index in [1.54, 1.807) is 0 Å². The van der Waals surface area contributed by atoms with Crippen LogP contribution in [-0.2, 0) is 19.2 Å². The SMILES string of the molecule is CC(=O)NCCC(=O)NC(CCC(=O)O)C(=O)O. The molecular formula is C10H16N2O6. The third kappa shape index (κ3) is 8.08. The zero-order valence-corrected chi connectivity index (χ0v) is 9.93. The van der Waals surface area contributed by atoms with Gasteiger partial charge >= 0.3 is 11.9 Å². The smallest absolute Gasteiger partial charge is 0.326 e. The van der Waals surface area contributed by atoms with E-state index in [0.29, 0.717) is 0 Å². The van der Waals surface area contributed by atoms with Crippen molar-refractivity contribution in [1.29, 1.82) is 0 Å². The summed E-state index contributed by atoms with van der Waals surface area (Å²) in [6.45, 7) is 1.40. The molecule has 0 aliphatic heterocycles. The first-order valence-corrected chi connectivity index (χ1v) is 5.31. The minimum atomic E-state index is -1.29. The Morgan fingerprint density at radius 3 is 2.17 bits per heavy atom. The molecule has 1 unspecified atom stereocenters. The average Bonchev–Trinajstić information content (AvgIpc) is 2.22. The summed E-state index contributed by atoms with van der Waals surface area (Å²) < 4.78 is 0. The quantitative estimate of drug-likeness (QED) is 0.440. The lowest BCUT2D eigenvalue weighted by Gasteiger charge is -2.13. The van der Waals surface area contributed by atoms with Gasteiger partial charge in [-0.25, -0.2) is 4.79 Å². The highest BCUT2D eigenvalue weighted by Crippen LogP contribution is 1.98. The Bertz CT molecular complexity index is 341. The molecule has 8 heteroatoms. The molecule has 1 atom stereocenters. The summed E-state index contributed by atoms with van der Waals surface area (Å²) >= 11 is 0. The summed E-state index contributed by atoms with van der Waals surface area (Å²) in [6, 6.07) is -1.23. The lowest BCUT2D eigenvalue weighted by atomic mass is 10.1. The molecule has 8 nitrogen and oxygen atoms in total. The fourth-order valence-electron chi connectivity index (χ4n) is 1.14. The van der Waals surface area contributed by atoms with Gasteiger partial charge in [0.2, 0.25) is 11.8 Å². The Kier molecular flexibility index (Phi) is 7.10. The van der Waals surface area contributed by atoms with Crippen LogP contribution >= 0.6 is 0 Å². The molecule has 0 spiro atoms. The molecule has 0 aromatic carbocycles. The molecular weight excluding hydrogens is 244 g/mol. The van der Waals surface area contributed by atoms with Crippen LogP contribution < -0.4 is 10.6 Å². The molecule has 0 saturated heterocycles. The number of aliphatic carboxylic acids is 2. The molecule has 0 fully saturated rings. The van der Waals surface area contributed by atoms with Crippen molar-refractivity contribution in [3.05, 3.63) is 0 Å². The van der Waals surface area contributed by atoms with Crippen LogP contribution in [0.2, 0.25) is 0 Å².